The fourth-order valence-corrected chi connectivity index (χ4v) is 0. The predicted octanol–water partition coefficient (Wildman–Crippen LogP) is 2.84. The minimum atomic E-state index is -1.73. The fourth-order valence-electron chi connectivity index (χ4n) is 0. The van der Waals surface area contributed by atoms with Gasteiger partial charge in [-0.3, -0.25) is 0 Å². The minimum Gasteiger partial charge on any atom is -0.242 e. The zero-order chi connectivity index (χ0) is 6.08. The van der Waals surface area contributed by atoms with Crippen molar-refractivity contribution in [2.45, 2.75) is 14.8 Å². The molecule has 7 heavy (non-hydrogen) atoms. The first-order valence-electron chi connectivity index (χ1n) is 1.65. The Labute approximate surface area is 68.3 Å². The molecule has 0 aromatic heterocycles. The SMILES string of the molecule is CC(F)C(F)(I)I. The van der Waals surface area contributed by atoms with Crippen LogP contribution in [0.2, 0.25) is 0 Å². The van der Waals surface area contributed by atoms with Crippen LogP contribution >= 0.6 is 45.2 Å². The first kappa shape index (κ1) is 8.32. The Kier molecular flexibility index (Phi) is 3.26. The van der Waals surface area contributed by atoms with Crippen molar-refractivity contribution in [1.29, 1.82) is 0 Å². The lowest BCUT2D eigenvalue weighted by molar-refractivity contribution is 0.255. The van der Waals surface area contributed by atoms with Crippen LogP contribution in [0.1, 0.15) is 6.92 Å². The van der Waals surface area contributed by atoms with Crippen LogP contribution in [-0.2, 0) is 0 Å². The third kappa shape index (κ3) is 3.87. The highest BCUT2D eigenvalue weighted by Gasteiger charge is 2.28. The van der Waals surface area contributed by atoms with Gasteiger partial charge < -0.3 is 0 Å². The van der Waals surface area contributed by atoms with Gasteiger partial charge in [0.2, 0.25) is 1.68 Å². The predicted molar refractivity (Wildman–Crippen MR) is 42.4 cm³/mol. The lowest BCUT2D eigenvalue weighted by Crippen LogP contribution is -2.15. The van der Waals surface area contributed by atoms with Crippen LogP contribution in [0.15, 0.2) is 0 Å². The fraction of sp³-hybridized carbons (Fsp3) is 1.00. The molecule has 0 aliphatic heterocycles. The van der Waals surface area contributed by atoms with Crippen LogP contribution in [0.5, 0.6) is 0 Å². The highest BCUT2D eigenvalue weighted by Crippen LogP contribution is 2.34. The number of halogens is 4. The third-order valence-electron chi connectivity index (χ3n) is 0.451. The van der Waals surface area contributed by atoms with Crippen LogP contribution in [0.4, 0.5) is 8.78 Å². The first-order valence-corrected chi connectivity index (χ1v) is 3.81. The molecule has 0 aliphatic rings. The molecule has 0 amide bonds. The Morgan fingerprint density at radius 3 is 1.71 bits per heavy atom. The Bertz CT molecular complexity index is 56.4. The van der Waals surface area contributed by atoms with Crippen LogP contribution < -0.4 is 0 Å². The molecule has 0 rings (SSSR count). The largest absolute Gasteiger partial charge is 0.242 e. The van der Waals surface area contributed by atoms with Gasteiger partial charge in [-0.15, -0.1) is 0 Å². The van der Waals surface area contributed by atoms with Gasteiger partial charge in [0.1, 0.15) is 6.17 Å². The second-order valence-electron chi connectivity index (χ2n) is 1.16. The molecule has 0 aromatic rings. The van der Waals surface area contributed by atoms with E-state index in [1.165, 1.54) is 52.1 Å². The molecule has 44 valence electrons. The maximum Gasteiger partial charge on any atom is 0.240 e. The second-order valence-corrected chi connectivity index (χ2v) is 6.36. The van der Waals surface area contributed by atoms with Gasteiger partial charge in [-0.2, -0.15) is 0 Å². The topological polar surface area (TPSA) is 0 Å². The summed E-state index contributed by atoms with van der Waals surface area (Å²) in [6.45, 7) is 1.19. The quantitative estimate of drug-likeness (QED) is 0.512. The highest BCUT2D eigenvalue weighted by molar-refractivity contribution is 14.2. The monoisotopic (exact) mass is 332 g/mol. The van der Waals surface area contributed by atoms with Crippen molar-refractivity contribution in [3.63, 3.8) is 0 Å². The molecule has 1 unspecified atom stereocenters. The number of hydrogen-bond acceptors (Lipinski definition) is 0. The van der Waals surface area contributed by atoms with Crippen molar-refractivity contribution < 1.29 is 8.78 Å². The molecule has 0 spiro atoms. The summed E-state index contributed by atoms with van der Waals surface area (Å²) in [5.41, 5.74) is 0. The van der Waals surface area contributed by atoms with E-state index in [0.29, 0.717) is 0 Å². The summed E-state index contributed by atoms with van der Waals surface area (Å²) in [6, 6.07) is 0. The van der Waals surface area contributed by atoms with E-state index in [-0.39, 0.29) is 0 Å². The molecule has 0 saturated heterocycles. The molecule has 0 fully saturated rings. The molecule has 0 radical (unpaired) electrons. The molecule has 0 N–H and O–H groups in total. The normalized spacial score (nSPS) is 16.7. The molecule has 0 heterocycles. The van der Waals surface area contributed by atoms with E-state index < -0.39 is 7.85 Å². The van der Waals surface area contributed by atoms with E-state index in [1.807, 2.05) is 0 Å². The summed E-state index contributed by atoms with van der Waals surface area (Å²) in [5, 5.41) is 0. The van der Waals surface area contributed by atoms with Crippen LogP contribution in [0, 0.1) is 0 Å². The van der Waals surface area contributed by atoms with Gasteiger partial charge in [-0.25, -0.2) is 8.78 Å². The van der Waals surface area contributed by atoms with Crippen molar-refractivity contribution in [2.75, 3.05) is 0 Å². The lowest BCUT2D eigenvalue weighted by Gasteiger charge is -2.09. The number of alkyl halides is 4. The average molecular weight is 332 g/mol. The van der Waals surface area contributed by atoms with E-state index in [2.05, 4.69) is 0 Å². The highest BCUT2D eigenvalue weighted by atomic mass is 127. The zero-order valence-electron chi connectivity index (χ0n) is 3.59. The number of hydrogen-bond donors (Lipinski definition) is 0. The third-order valence-corrected chi connectivity index (χ3v) is 2.17. The Balaban J connectivity index is 3.54. The van der Waals surface area contributed by atoms with Crippen LogP contribution in [-0.4, -0.2) is 7.85 Å². The van der Waals surface area contributed by atoms with Crippen molar-refractivity contribution >= 4 is 45.2 Å². The first-order chi connectivity index (χ1) is 2.94. The molecule has 0 aromatic carbocycles. The standard InChI is InChI=1S/C3H4F2I2/c1-2(4)3(5,6)7/h2H,1H3. The summed E-state index contributed by atoms with van der Waals surface area (Å²) in [4.78, 5) is 0. The minimum absolute atomic E-state index is 1.19. The van der Waals surface area contributed by atoms with Gasteiger partial charge >= 0.3 is 0 Å². The average Bonchev–Trinajstić information content (AvgIpc) is 1.31. The summed E-state index contributed by atoms with van der Waals surface area (Å²) in [5.74, 6) is 0. The summed E-state index contributed by atoms with van der Waals surface area (Å²) in [6.07, 6.45) is -1.39. The van der Waals surface area contributed by atoms with E-state index >= 15 is 0 Å². The Morgan fingerprint density at radius 2 is 1.71 bits per heavy atom. The van der Waals surface area contributed by atoms with E-state index in [9.17, 15) is 8.78 Å². The number of rotatable bonds is 1. The lowest BCUT2D eigenvalue weighted by atomic mass is 10.5. The molecular weight excluding hydrogens is 328 g/mol. The van der Waals surface area contributed by atoms with Gasteiger partial charge in [-0.05, 0) is 52.1 Å². The molecule has 0 saturated carbocycles. The molecule has 0 nitrogen and oxygen atoms in total. The maximum absolute atomic E-state index is 12.1. The van der Waals surface area contributed by atoms with E-state index in [4.69, 9.17) is 0 Å². The van der Waals surface area contributed by atoms with Crippen LogP contribution in [0.3, 0.4) is 0 Å². The smallest absolute Gasteiger partial charge is 0.240 e. The van der Waals surface area contributed by atoms with Gasteiger partial charge in [-0.1, -0.05) is 0 Å². The van der Waals surface area contributed by atoms with Crippen molar-refractivity contribution in [3.8, 4) is 0 Å². The van der Waals surface area contributed by atoms with Gasteiger partial charge in [0.25, 0.3) is 0 Å². The zero-order valence-corrected chi connectivity index (χ0v) is 7.90. The second kappa shape index (κ2) is 2.75. The van der Waals surface area contributed by atoms with Crippen molar-refractivity contribution in [2.24, 2.45) is 0 Å². The van der Waals surface area contributed by atoms with Gasteiger partial charge in [0.05, 0.1) is 0 Å². The molecule has 4 heteroatoms. The summed E-state index contributed by atoms with van der Waals surface area (Å²) < 4.78 is 22.2. The van der Waals surface area contributed by atoms with Crippen LogP contribution in [0.25, 0.3) is 0 Å². The Morgan fingerprint density at radius 1 is 1.57 bits per heavy atom. The molecule has 1 atom stereocenters. The molecule has 0 bridgehead atoms. The molecular formula is C3H4F2I2. The van der Waals surface area contributed by atoms with Crippen molar-refractivity contribution in [3.05, 3.63) is 0 Å². The van der Waals surface area contributed by atoms with E-state index in [1.54, 1.807) is 0 Å². The van der Waals surface area contributed by atoms with Gasteiger partial charge in [0, 0.05) is 0 Å². The molecule has 0 aliphatic carbocycles. The maximum atomic E-state index is 12.1. The van der Waals surface area contributed by atoms with Crippen molar-refractivity contribution in [1.82, 2.24) is 0 Å². The Hall–Kier alpha value is 1.32. The summed E-state index contributed by atoms with van der Waals surface area (Å²) >= 11 is 2.82. The summed E-state index contributed by atoms with van der Waals surface area (Å²) in [7, 11) is 0. The van der Waals surface area contributed by atoms with Gasteiger partial charge in [0.15, 0.2) is 0 Å². The van der Waals surface area contributed by atoms with E-state index in [0.717, 1.165) is 0 Å².